The molecule has 0 spiro atoms. The maximum absolute atomic E-state index is 2.29. The third-order valence-electron chi connectivity index (χ3n) is 3.31. The predicted molar refractivity (Wildman–Crippen MR) is 101 cm³/mol. The molecule has 3 aliphatic carbocycles. The second kappa shape index (κ2) is 15.6. The standard InChI is InChI=1S/C12H18.2C5H6/c1-2-4-6-8-10-12-11-9-7-5-3-1;2*1-2-4-5-3-1/h1-2,7-10H,3-6,11-12H2;2*1-4H,5H2. The van der Waals surface area contributed by atoms with Crippen molar-refractivity contribution in [2.75, 3.05) is 0 Å². The molecule has 0 heterocycles. The number of rotatable bonds is 0. The van der Waals surface area contributed by atoms with Gasteiger partial charge < -0.3 is 0 Å². The van der Waals surface area contributed by atoms with E-state index in [0.717, 1.165) is 12.8 Å². The van der Waals surface area contributed by atoms with E-state index in [2.05, 4.69) is 85.1 Å². The van der Waals surface area contributed by atoms with Crippen LogP contribution in [0.3, 0.4) is 0 Å². The molecule has 0 aromatic rings. The largest absolute Gasteiger partial charge is 0.0882 e. The lowest BCUT2D eigenvalue weighted by Gasteiger charge is -1.92. The van der Waals surface area contributed by atoms with E-state index in [4.69, 9.17) is 0 Å². The fourth-order valence-corrected chi connectivity index (χ4v) is 2.07. The molecule has 0 N–H and O–H groups in total. The van der Waals surface area contributed by atoms with Crippen molar-refractivity contribution in [3.8, 4) is 0 Å². The lowest BCUT2D eigenvalue weighted by atomic mass is 10.1. The van der Waals surface area contributed by atoms with Gasteiger partial charge in [-0.15, -0.1) is 0 Å². The molecule has 0 amide bonds. The van der Waals surface area contributed by atoms with Crippen LogP contribution in [0.4, 0.5) is 0 Å². The Labute approximate surface area is 137 Å². The van der Waals surface area contributed by atoms with Crippen LogP contribution in [-0.2, 0) is 0 Å². The van der Waals surface area contributed by atoms with Gasteiger partial charge in [-0.2, -0.15) is 0 Å². The van der Waals surface area contributed by atoms with Gasteiger partial charge >= 0.3 is 0 Å². The Morgan fingerprint density at radius 1 is 0.273 bits per heavy atom. The maximum Gasteiger partial charge on any atom is -0.0163 e. The molecule has 3 aliphatic rings. The predicted octanol–water partition coefficient (Wildman–Crippen LogP) is 7.01. The van der Waals surface area contributed by atoms with E-state index < -0.39 is 0 Å². The highest BCUT2D eigenvalue weighted by molar-refractivity contribution is 5.12. The first-order valence-electron chi connectivity index (χ1n) is 8.58. The van der Waals surface area contributed by atoms with Gasteiger partial charge in [0.25, 0.3) is 0 Å². The van der Waals surface area contributed by atoms with Crippen LogP contribution in [0.2, 0.25) is 0 Å². The highest BCUT2D eigenvalue weighted by atomic mass is 13.9. The van der Waals surface area contributed by atoms with E-state index in [1.54, 1.807) is 0 Å². The van der Waals surface area contributed by atoms with Gasteiger partial charge in [0.2, 0.25) is 0 Å². The first-order chi connectivity index (χ1) is 11.0. The molecule has 3 rings (SSSR count). The molecule has 0 aromatic heterocycles. The summed E-state index contributed by atoms with van der Waals surface area (Å²) in [7, 11) is 0. The molecule has 118 valence electrons. The third-order valence-corrected chi connectivity index (χ3v) is 3.31. The average Bonchev–Trinajstić information content (AvgIpc) is 3.27. The number of allylic oxidation sites excluding steroid dienone is 14. The van der Waals surface area contributed by atoms with Crippen LogP contribution in [0, 0.1) is 0 Å². The normalized spacial score (nSPS) is 18.9. The molecule has 0 atom stereocenters. The zero-order valence-corrected chi connectivity index (χ0v) is 13.7. The van der Waals surface area contributed by atoms with Crippen molar-refractivity contribution < 1.29 is 0 Å². The van der Waals surface area contributed by atoms with E-state index in [-0.39, 0.29) is 0 Å². The molecule has 0 saturated heterocycles. The van der Waals surface area contributed by atoms with Crippen molar-refractivity contribution >= 4 is 0 Å². The van der Waals surface area contributed by atoms with Crippen molar-refractivity contribution in [2.45, 2.75) is 51.4 Å². The van der Waals surface area contributed by atoms with Gasteiger partial charge in [0.1, 0.15) is 0 Å². The summed E-state index contributed by atoms with van der Waals surface area (Å²) in [5, 5.41) is 0. The zero-order chi connectivity index (χ0) is 15.6. The molecule has 0 fully saturated rings. The quantitative estimate of drug-likeness (QED) is 0.421. The zero-order valence-electron chi connectivity index (χ0n) is 13.7. The first-order valence-corrected chi connectivity index (χ1v) is 8.58. The smallest absolute Gasteiger partial charge is 0.0163 e. The van der Waals surface area contributed by atoms with E-state index in [0.29, 0.717) is 0 Å². The average molecular weight is 294 g/mol. The molecule has 0 nitrogen and oxygen atoms in total. The lowest BCUT2D eigenvalue weighted by Crippen LogP contribution is -1.71. The Hall–Kier alpha value is -1.82. The summed E-state index contributed by atoms with van der Waals surface area (Å²) < 4.78 is 0. The van der Waals surface area contributed by atoms with E-state index in [1.807, 2.05) is 0 Å². The van der Waals surface area contributed by atoms with Gasteiger partial charge in [0.05, 0.1) is 0 Å². The number of hydrogen-bond acceptors (Lipinski definition) is 0. The fourth-order valence-electron chi connectivity index (χ4n) is 2.07. The van der Waals surface area contributed by atoms with Crippen molar-refractivity contribution in [3.05, 3.63) is 85.1 Å². The molecule has 0 saturated carbocycles. The molecule has 0 radical (unpaired) electrons. The minimum atomic E-state index is 1.14. The molecule has 22 heavy (non-hydrogen) atoms. The highest BCUT2D eigenvalue weighted by Gasteiger charge is 1.82. The topological polar surface area (TPSA) is 0 Å². The van der Waals surface area contributed by atoms with E-state index >= 15 is 0 Å². The summed E-state index contributed by atoms with van der Waals surface area (Å²) in [5.74, 6) is 0. The monoisotopic (exact) mass is 294 g/mol. The first kappa shape index (κ1) is 18.2. The lowest BCUT2D eigenvalue weighted by molar-refractivity contribution is 0.962. The van der Waals surface area contributed by atoms with Crippen LogP contribution in [-0.4, -0.2) is 0 Å². The van der Waals surface area contributed by atoms with E-state index in [9.17, 15) is 0 Å². The minimum absolute atomic E-state index is 1.14. The van der Waals surface area contributed by atoms with Crippen LogP contribution >= 0.6 is 0 Å². The van der Waals surface area contributed by atoms with Gasteiger partial charge in [-0.25, -0.2) is 0 Å². The molecule has 0 aromatic carbocycles. The summed E-state index contributed by atoms with van der Waals surface area (Å²) >= 11 is 0. The van der Waals surface area contributed by atoms with Crippen molar-refractivity contribution in [1.82, 2.24) is 0 Å². The van der Waals surface area contributed by atoms with Gasteiger partial charge in [-0.3, -0.25) is 0 Å². The van der Waals surface area contributed by atoms with Gasteiger partial charge in [0, 0.05) is 0 Å². The molecule has 0 unspecified atom stereocenters. The summed E-state index contributed by atoms with van der Waals surface area (Å²) in [6, 6.07) is 0. The second-order valence-electron chi connectivity index (χ2n) is 5.33. The fraction of sp³-hybridized carbons (Fsp3) is 0.364. The second-order valence-corrected chi connectivity index (χ2v) is 5.33. The Morgan fingerprint density at radius 3 is 0.636 bits per heavy atom. The van der Waals surface area contributed by atoms with Crippen LogP contribution in [0.15, 0.2) is 85.1 Å². The molecular weight excluding hydrogens is 264 g/mol. The maximum atomic E-state index is 2.29. The van der Waals surface area contributed by atoms with Crippen LogP contribution in [0.25, 0.3) is 0 Å². The Balaban J connectivity index is 0.000000197. The Morgan fingerprint density at radius 2 is 0.500 bits per heavy atom. The molecule has 0 heteroatoms. The SMILES string of the molecule is C1=CCC=C1.C1=CCC=C1.C1=CCCC=CCCC=CCC1. The summed E-state index contributed by atoms with van der Waals surface area (Å²) in [6.45, 7) is 0. The summed E-state index contributed by atoms with van der Waals surface area (Å²) in [4.78, 5) is 0. The summed E-state index contributed by atoms with van der Waals surface area (Å²) in [6.07, 6.45) is 40.0. The van der Waals surface area contributed by atoms with Gasteiger partial charge in [0.15, 0.2) is 0 Å². The molecular formula is C22H30. The van der Waals surface area contributed by atoms with Crippen molar-refractivity contribution in [3.63, 3.8) is 0 Å². The van der Waals surface area contributed by atoms with Crippen molar-refractivity contribution in [2.24, 2.45) is 0 Å². The molecule has 0 aliphatic heterocycles. The van der Waals surface area contributed by atoms with E-state index in [1.165, 1.54) is 38.5 Å². The minimum Gasteiger partial charge on any atom is -0.0882 e. The Kier molecular flexibility index (Phi) is 12.9. The number of hydrogen-bond donors (Lipinski definition) is 0. The van der Waals surface area contributed by atoms with Gasteiger partial charge in [-0.1, -0.05) is 85.1 Å². The van der Waals surface area contributed by atoms with Crippen molar-refractivity contribution in [1.29, 1.82) is 0 Å². The Bertz CT molecular complexity index is 345. The van der Waals surface area contributed by atoms with Crippen LogP contribution < -0.4 is 0 Å². The highest BCUT2D eigenvalue weighted by Crippen LogP contribution is 2.02. The summed E-state index contributed by atoms with van der Waals surface area (Å²) in [5.41, 5.74) is 0. The van der Waals surface area contributed by atoms with Gasteiger partial charge in [-0.05, 0) is 51.4 Å². The van der Waals surface area contributed by atoms with Crippen LogP contribution in [0.1, 0.15) is 51.4 Å². The molecule has 0 bridgehead atoms. The third kappa shape index (κ3) is 13.2. The van der Waals surface area contributed by atoms with Crippen LogP contribution in [0.5, 0.6) is 0 Å².